The van der Waals surface area contributed by atoms with Gasteiger partial charge in [0.1, 0.15) is 0 Å². The summed E-state index contributed by atoms with van der Waals surface area (Å²) in [5.41, 5.74) is 3.59. The molecule has 0 radical (unpaired) electrons. The Morgan fingerprint density at radius 2 is 1.91 bits per heavy atom. The quantitative estimate of drug-likeness (QED) is 0.791. The minimum atomic E-state index is 0.0623. The summed E-state index contributed by atoms with van der Waals surface area (Å²) in [5, 5.41) is 0. The van der Waals surface area contributed by atoms with Crippen LogP contribution in [-0.4, -0.2) is 16.7 Å². The van der Waals surface area contributed by atoms with E-state index < -0.39 is 0 Å². The highest BCUT2D eigenvalue weighted by Crippen LogP contribution is 2.42. The maximum Gasteiger partial charge on any atom is 0.165 e. The van der Waals surface area contributed by atoms with Crippen LogP contribution < -0.4 is 0 Å². The molecule has 2 aliphatic rings. The Balaban J connectivity index is 1.96. The molecule has 23 heavy (non-hydrogen) atoms. The van der Waals surface area contributed by atoms with Crippen molar-refractivity contribution in [1.82, 2.24) is 4.90 Å². The molecule has 0 N–H and O–H groups in total. The summed E-state index contributed by atoms with van der Waals surface area (Å²) in [6.45, 7) is 7.54. The average Bonchev–Trinajstić information content (AvgIpc) is 2.50. The first-order chi connectivity index (χ1) is 11.0. The number of ketones is 1. The second-order valence-electron chi connectivity index (χ2n) is 7.63. The first-order valence-corrected chi connectivity index (χ1v) is 8.75. The van der Waals surface area contributed by atoms with Crippen LogP contribution in [0.15, 0.2) is 53.8 Å². The van der Waals surface area contributed by atoms with Crippen molar-refractivity contribution in [2.45, 2.75) is 59.0 Å². The molecule has 1 aromatic carbocycles. The molecule has 0 aromatic heterocycles. The highest BCUT2D eigenvalue weighted by Gasteiger charge is 2.37. The van der Waals surface area contributed by atoms with Crippen molar-refractivity contribution in [3.8, 4) is 0 Å². The normalized spacial score (nSPS) is 23.2. The van der Waals surface area contributed by atoms with Crippen molar-refractivity contribution in [1.29, 1.82) is 0 Å². The third-order valence-electron chi connectivity index (χ3n) is 4.91. The van der Waals surface area contributed by atoms with Gasteiger partial charge in [0.25, 0.3) is 0 Å². The van der Waals surface area contributed by atoms with Crippen LogP contribution in [0.2, 0.25) is 0 Å². The van der Waals surface area contributed by atoms with Crippen LogP contribution >= 0.6 is 0 Å². The van der Waals surface area contributed by atoms with E-state index in [4.69, 9.17) is 0 Å². The predicted octanol–water partition coefficient (Wildman–Crippen LogP) is 4.87. The molecule has 3 rings (SSSR count). The maximum absolute atomic E-state index is 12.6. The Morgan fingerprint density at radius 3 is 2.61 bits per heavy atom. The molecule has 0 amide bonds. The molecule has 2 heteroatoms. The Bertz CT molecular complexity index is 639. The molecule has 0 bridgehead atoms. The summed E-state index contributed by atoms with van der Waals surface area (Å²) < 4.78 is 0. The van der Waals surface area contributed by atoms with Crippen molar-refractivity contribution in [2.75, 3.05) is 0 Å². The Morgan fingerprint density at radius 1 is 1.17 bits per heavy atom. The summed E-state index contributed by atoms with van der Waals surface area (Å²) >= 11 is 0. The van der Waals surface area contributed by atoms with Gasteiger partial charge in [0.15, 0.2) is 5.78 Å². The lowest BCUT2D eigenvalue weighted by Gasteiger charge is -2.43. The average molecular weight is 309 g/mol. The second kappa shape index (κ2) is 6.35. The van der Waals surface area contributed by atoms with Crippen LogP contribution in [0.5, 0.6) is 0 Å². The van der Waals surface area contributed by atoms with Crippen LogP contribution in [0.4, 0.5) is 0 Å². The predicted molar refractivity (Wildman–Crippen MR) is 94.9 cm³/mol. The largest absolute Gasteiger partial charge is 0.363 e. The number of allylic oxidation sites excluding steroid dienone is 3. The minimum absolute atomic E-state index is 0.0623. The SMILES string of the molecule is CCCC1C=CC2=C(CC(C)(C)CC2=O)N1Cc1ccccc1. The fraction of sp³-hybridized carbons (Fsp3) is 0.476. The standard InChI is InChI=1S/C21H27NO/c1-4-8-17-11-12-18-19(13-21(2,3)14-20(18)23)22(17)15-16-9-6-5-7-10-16/h5-7,9-12,17H,4,8,13-15H2,1-3H3. The van der Waals surface area contributed by atoms with Gasteiger partial charge in [-0.2, -0.15) is 0 Å². The number of hydrogen-bond donors (Lipinski definition) is 0. The molecule has 1 aromatic rings. The van der Waals surface area contributed by atoms with Gasteiger partial charge in [-0.15, -0.1) is 0 Å². The van der Waals surface area contributed by atoms with Gasteiger partial charge in [-0.05, 0) is 23.8 Å². The highest BCUT2D eigenvalue weighted by atomic mass is 16.1. The van der Waals surface area contributed by atoms with Crippen LogP contribution in [0, 0.1) is 5.41 Å². The second-order valence-corrected chi connectivity index (χ2v) is 7.63. The lowest BCUT2D eigenvalue weighted by atomic mass is 9.74. The number of hydrogen-bond acceptors (Lipinski definition) is 2. The van der Waals surface area contributed by atoms with Gasteiger partial charge in [0, 0.05) is 30.3 Å². The van der Waals surface area contributed by atoms with Crippen molar-refractivity contribution in [3.05, 3.63) is 59.3 Å². The van der Waals surface area contributed by atoms with E-state index in [9.17, 15) is 4.79 Å². The lowest BCUT2D eigenvalue weighted by molar-refractivity contribution is -0.118. The molecule has 1 atom stereocenters. The van der Waals surface area contributed by atoms with E-state index in [-0.39, 0.29) is 5.41 Å². The summed E-state index contributed by atoms with van der Waals surface area (Å²) in [4.78, 5) is 15.1. The summed E-state index contributed by atoms with van der Waals surface area (Å²) in [5.74, 6) is 0.306. The van der Waals surface area contributed by atoms with E-state index in [1.807, 2.05) is 0 Å². The number of rotatable bonds is 4. The summed E-state index contributed by atoms with van der Waals surface area (Å²) in [6.07, 6.45) is 8.27. The molecule has 1 aliphatic heterocycles. The Kier molecular flexibility index (Phi) is 4.43. The molecule has 0 spiro atoms. The number of Topliss-reactive ketones (excluding diaryl/α,β-unsaturated/α-hetero) is 1. The van der Waals surface area contributed by atoms with Crippen molar-refractivity contribution in [3.63, 3.8) is 0 Å². The zero-order valence-electron chi connectivity index (χ0n) is 14.5. The number of benzene rings is 1. The van der Waals surface area contributed by atoms with E-state index >= 15 is 0 Å². The highest BCUT2D eigenvalue weighted by molar-refractivity contribution is 6.00. The Hall–Kier alpha value is -1.83. The smallest absolute Gasteiger partial charge is 0.165 e. The Labute approximate surface area is 139 Å². The fourth-order valence-corrected chi connectivity index (χ4v) is 3.80. The third kappa shape index (κ3) is 3.41. The van der Waals surface area contributed by atoms with Crippen molar-refractivity contribution >= 4 is 5.78 Å². The zero-order chi connectivity index (χ0) is 16.4. The van der Waals surface area contributed by atoms with E-state index in [0.29, 0.717) is 18.2 Å². The van der Waals surface area contributed by atoms with Gasteiger partial charge in [-0.25, -0.2) is 0 Å². The number of carbonyl (C=O) groups is 1. The molecule has 1 unspecified atom stereocenters. The van der Waals surface area contributed by atoms with Gasteiger partial charge in [0.05, 0.1) is 0 Å². The lowest BCUT2D eigenvalue weighted by Crippen LogP contribution is -2.41. The van der Waals surface area contributed by atoms with Gasteiger partial charge in [0.2, 0.25) is 0 Å². The maximum atomic E-state index is 12.6. The molecule has 122 valence electrons. The molecule has 0 saturated heterocycles. The van der Waals surface area contributed by atoms with Crippen LogP contribution in [-0.2, 0) is 11.3 Å². The summed E-state index contributed by atoms with van der Waals surface area (Å²) in [7, 11) is 0. The monoisotopic (exact) mass is 309 g/mol. The van der Waals surface area contributed by atoms with E-state index in [0.717, 1.165) is 31.4 Å². The van der Waals surface area contributed by atoms with E-state index in [1.54, 1.807) is 0 Å². The molecule has 2 nitrogen and oxygen atoms in total. The van der Waals surface area contributed by atoms with Crippen LogP contribution in [0.1, 0.15) is 52.0 Å². The number of nitrogens with zero attached hydrogens (tertiary/aromatic N) is 1. The topological polar surface area (TPSA) is 20.3 Å². The van der Waals surface area contributed by atoms with Gasteiger partial charge in [-0.1, -0.05) is 69.7 Å². The summed E-state index contributed by atoms with van der Waals surface area (Å²) in [6, 6.07) is 11.0. The molecular weight excluding hydrogens is 282 g/mol. The molecule has 1 heterocycles. The number of carbonyl (C=O) groups excluding carboxylic acids is 1. The zero-order valence-corrected chi connectivity index (χ0v) is 14.5. The first-order valence-electron chi connectivity index (χ1n) is 8.75. The molecule has 0 fully saturated rings. The van der Waals surface area contributed by atoms with Crippen molar-refractivity contribution in [2.24, 2.45) is 5.41 Å². The van der Waals surface area contributed by atoms with E-state index in [2.05, 4.69) is 68.2 Å². The van der Waals surface area contributed by atoms with E-state index in [1.165, 1.54) is 11.3 Å². The first kappa shape index (κ1) is 16.0. The molecular formula is C21H27NO. The minimum Gasteiger partial charge on any atom is -0.363 e. The molecule has 0 saturated carbocycles. The van der Waals surface area contributed by atoms with Gasteiger partial charge >= 0.3 is 0 Å². The van der Waals surface area contributed by atoms with Crippen molar-refractivity contribution < 1.29 is 4.79 Å². The van der Waals surface area contributed by atoms with Crippen LogP contribution in [0.25, 0.3) is 0 Å². The van der Waals surface area contributed by atoms with Gasteiger partial charge in [-0.3, -0.25) is 4.79 Å². The molecule has 1 aliphatic carbocycles. The van der Waals surface area contributed by atoms with Gasteiger partial charge < -0.3 is 4.90 Å². The van der Waals surface area contributed by atoms with Crippen LogP contribution in [0.3, 0.4) is 0 Å². The fourth-order valence-electron chi connectivity index (χ4n) is 3.80. The third-order valence-corrected chi connectivity index (χ3v) is 4.91.